The number of piperidine rings is 1. The van der Waals surface area contributed by atoms with Crippen LogP contribution >= 0.6 is 0 Å². The predicted octanol–water partition coefficient (Wildman–Crippen LogP) is 4.63. The monoisotopic (exact) mass is 416 g/mol. The normalized spacial score (nSPS) is 24.1. The van der Waals surface area contributed by atoms with Gasteiger partial charge in [0, 0.05) is 38.2 Å². The molecule has 3 fully saturated rings. The van der Waals surface area contributed by atoms with E-state index < -0.39 is 0 Å². The molecule has 1 aromatic carbocycles. The first-order chi connectivity index (χ1) is 14.5. The van der Waals surface area contributed by atoms with Crippen molar-refractivity contribution in [3.8, 4) is 0 Å². The molecular weight excluding hydrogens is 379 g/mol. The van der Waals surface area contributed by atoms with Gasteiger partial charge >= 0.3 is 0 Å². The zero-order valence-electron chi connectivity index (χ0n) is 18.5. The van der Waals surface area contributed by atoms with Gasteiger partial charge in [0.1, 0.15) is 5.82 Å². The summed E-state index contributed by atoms with van der Waals surface area (Å²) in [6, 6.07) is 7.07. The number of hydrogen-bond donors (Lipinski definition) is 0. The lowest BCUT2D eigenvalue weighted by Gasteiger charge is -2.36. The molecule has 4 rings (SSSR count). The molecule has 0 spiro atoms. The van der Waals surface area contributed by atoms with E-state index >= 15 is 0 Å². The molecule has 0 aromatic heterocycles. The second-order valence-corrected chi connectivity index (χ2v) is 10.1. The SMILES string of the molecule is CC1(CCC(=O)N(CC2CCN(Cc3ccccc3F)CC2)C[C@H]2CCCO2)CC1. The van der Waals surface area contributed by atoms with Crippen LogP contribution in [-0.2, 0) is 16.1 Å². The number of benzene rings is 1. The number of nitrogens with zero attached hydrogens (tertiary/aromatic N) is 2. The molecule has 1 aromatic rings. The molecule has 166 valence electrons. The summed E-state index contributed by atoms with van der Waals surface area (Å²) in [5.74, 6) is 0.730. The van der Waals surface area contributed by atoms with Crippen LogP contribution in [0.5, 0.6) is 0 Å². The summed E-state index contributed by atoms with van der Waals surface area (Å²) < 4.78 is 19.8. The molecule has 2 saturated heterocycles. The first kappa shape index (κ1) is 21.8. The van der Waals surface area contributed by atoms with Crippen molar-refractivity contribution in [2.24, 2.45) is 11.3 Å². The fourth-order valence-electron chi connectivity index (χ4n) is 4.85. The van der Waals surface area contributed by atoms with Crippen molar-refractivity contribution in [2.75, 3.05) is 32.8 Å². The summed E-state index contributed by atoms with van der Waals surface area (Å²) in [6.07, 6.45) is 8.78. The van der Waals surface area contributed by atoms with E-state index in [0.717, 1.165) is 70.5 Å². The van der Waals surface area contributed by atoms with Crippen molar-refractivity contribution < 1.29 is 13.9 Å². The van der Waals surface area contributed by atoms with Crippen molar-refractivity contribution in [3.05, 3.63) is 35.6 Å². The summed E-state index contributed by atoms with van der Waals surface area (Å²) in [4.78, 5) is 17.5. The largest absolute Gasteiger partial charge is 0.376 e. The molecule has 4 nitrogen and oxygen atoms in total. The summed E-state index contributed by atoms with van der Waals surface area (Å²) in [5, 5.41) is 0. The third-order valence-corrected chi connectivity index (χ3v) is 7.38. The third-order valence-electron chi connectivity index (χ3n) is 7.38. The summed E-state index contributed by atoms with van der Waals surface area (Å²) in [6.45, 7) is 7.36. The smallest absolute Gasteiger partial charge is 0.222 e. The van der Waals surface area contributed by atoms with Crippen LogP contribution in [0.3, 0.4) is 0 Å². The maximum atomic E-state index is 14.0. The highest BCUT2D eigenvalue weighted by Gasteiger charge is 2.37. The van der Waals surface area contributed by atoms with E-state index in [2.05, 4.69) is 16.7 Å². The lowest BCUT2D eigenvalue weighted by Crippen LogP contribution is -2.43. The lowest BCUT2D eigenvalue weighted by atomic mass is 9.95. The first-order valence-corrected chi connectivity index (χ1v) is 11.9. The van der Waals surface area contributed by atoms with Crippen molar-refractivity contribution in [3.63, 3.8) is 0 Å². The minimum Gasteiger partial charge on any atom is -0.376 e. The number of carbonyl (C=O) groups is 1. The van der Waals surface area contributed by atoms with Crippen molar-refractivity contribution in [2.45, 2.75) is 70.9 Å². The van der Waals surface area contributed by atoms with Gasteiger partial charge in [-0.3, -0.25) is 9.69 Å². The van der Waals surface area contributed by atoms with E-state index in [0.29, 0.717) is 30.2 Å². The van der Waals surface area contributed by atoms with Gasteiger partial charge in [0.15, 0.2) is 0 Å². The van der Waals surface area contributed by atoms with Crippen LogP contribution in [0, 0.1) is 17.2 Å². The van der Waals surface area contributed by atoms with Gasteiger partial charge in [-0.25, -0.2) is 4.39 Å². The van der Waals surface area contributed by atoms with Crippen molar-refractivity contribution in [1.29, 1.82) is 0 Å². The molecule has 1 atom stereocenters. The molecule has 1 amide bonds. The van der Waals surface area contributed by atoms with Crippen LogP contribution in [0.4, 0.5) is 4.39 Å². The maximum Gasteiger partial charge on any atom is 0.222 e. The number of likely N-dealkylation sites (tertiary alicyclic amines) is 1. The quantitative estimate of drug-likeness (QED) is 0.589. The fourth-order valence-corrected chi connectivity index (χ4v) is 4.85. The van der Waals surface area contributed by atoms with Gasteiger partial charge in [0.2, 0.25) is 5.91 Å². The molecule has 0 N–H and O–H groups in total. The zero-order chi connectivity index (χ0) is 21.0. The summed E-state index contributed by atoms with van der Waals surface area (Å²) >= 11 is 0. The average molecular weight is 417 g/mol. The van der Waals surface area contributed by atoms with Gasteiger partial charge in [0.05, 0.1) is 6.10 Å². The number of halogens is 1. The summed E-state index contributed by atoms with van der Waals surface area (Å²) in [5.41, 5.74) is 1.20. The highest BCUT2D eigenvalue weighted by Crippen LogP contribution is 2.49. The second kappa shape index (κ2) is 9.78. The summed E-state index contributed by atoms with van der Waals surface area (Å²) in [7, 11) is 0. The standard InChI is InChI=1S/C25H37FN2O2/c1-25(12-13-25)11-8-24(29)28(19-22-6-4-16-30-22)17-20-9-14-27(15-10-20)18-21-5-2-3-7-23(21)26/h2-3,5,7,20,22H,4,6,8-19H2,1H3/t22-/m1/s1. The van der Waals surface area contributed by atoms with Crippen LogP contribution < -0.4 is 0 Å². The predicted molar refractivity (Wildman–Crippen MR) is 117 cm³/mol. The number of hydrogen-bond acceptors (Lipinski definition) is 3. The average Bonchev–Trinajstić information content (AvgIpc) is 3.26. The van der Waals surface area contributed by atoms with Crippen molar-refractivity contribution >= 4 is 5.91 Å². The Balaban J connectivity index is 1.27. The van der Waals surface area contributed by atoms with Gasteiger partial charge < -0.3 is 9.64 Å². The van der Waals surface area contributed by atoms with Crippen LogP contribution in [0.25, 0.3) is 0 Å². The minimum absolute atomic E-state index is 0.114. The van der Waals surface area contributed by atoms with Gasteiger partial charge in [-0.15, -0.1) is 0 Å². The molecule has 2 aliphatic heterocycles. The number of amides is 1. The highest BCUT2D eigenvalue weighted by molar-refractivity contribution is 5.76. The van der Waals surface area contributed by atoms with E-state index in [9.17, 15) is 9.18 Å². The number of carbonyl (C=O) groups excluding carboxylic acids is 1. The zero-order valence-corrected chi connectivity index (χ0v) is 18.5. The number of ether oxygens (including phenoxy) is 1. The molecule has 1 saturated carbocycles. The molecule has 1 aliphatic carbocycles. The van der Waals surface area contributed by atoms with Crippen LogP contribution in [0.2, 0.25) is 0 Å². The Morgan fingerprint density at radius 1 is 1.20 bits per heavy atom. The topological polar surface area (TPSA) is 32.8 Å². The minimum atomic E-state index is -0.114. The Labute approximate surface area is 180 Å². The fraction of sp³-hybridized carbons (Fsp3) is 0.720. The van der Waals surface area contributed by atoms with Gasteiger partial charge in [-0.2, -0.15) is 0 Å². The van der Waals surface area contributed by atoms with Crippen LogP contribution in [-0.4, -0.2) is 54.6 Å². The van der Waals surface area contributed by atoms with E-state index in [4.69, 9.17) is 4.74 Å². The highest BCUT2D eigenvalue weighted by atomic mass is 19.1. The maximum absolute atomic E-state index is 14.0. The van der Waals surface area contributed by atoms with Gasteiger partial charge in [-0.1, -0.05) is 25.1 Å². The van der Waals surface area contributed by atoms with E-state index in [1.165, 1.54) is 12.8 Å². The molecule has 3 aliphatic rings. The molecule has 0 bridgehead atoms. The van der Waals surface area contributed by atoms with Crippen LogP contribution in [0.1, 0.15) is 63.9 Å². The van der Waals surface area contributed by atoms with Gasteiger partial charge in [0.25, 0.3) is 0 Å². The molecular formula is C25H37FN2O2. The van der Waals surface area contributed by atoms with Crippen LogP contribution in [0.15, 0.2) is 24.3 Å². The van der Waals surface area contributed by atoms with Gasteiger partial charge in [-0.05, 0) is 75.4 Å². The Bertz CT molecular complexity index is 707. The Hall–Kier alpha value is -1.46. The molecule has 2 heterocycles. The first-order valence-electron chi connectivity index (χ1n) is 11.9. The van der Waals surface area contributed by atoms with Crippen molar-refractivity contribution in [1.82, 2.24) is 9.80 Å². The molecule has 5 heteroatoms. The molecule has 0 radical (unpaired) electrons. The van der Waals surface area contributed by atoms with E-state index in [1.54, 1.807) is 12.1 Å². The lowest BCUT2D eigenvalue weighted by molar-refractivity contribution is -0.134. The Kier molecular flexibility index (Phi) is 7.09. The van der Waals surface area contributed by atoms with E-state index in [1.807, 2.05) is 12.1 Å². The van der Waals surface area contributed by atoms with E-state index in [-0.39, 0.29) is 11.9 Å². The Morgan fingerprint density at radius 3 is 2.63 bits per heavy atom. The second-order valence-electron chi connectivity index (χ2n) is 10.1. The third kappa shape index (κ3) is 6.04. The molecule has 0 unspecified atom stereocenters. The Morgan fingerprint density at radius 2 is 1.97 bits per heavy atom. The number of rotatable bonds is 9. The molecule has 30 heavy (non-hydrogen) atoms.